The lowest BCUT2D eigenvalue weighted by atomic mass is 10.2. The van der Waals surface area contributed by atoms with Crippen molar-refractivity contribution in [1.29, 1.82) is 0 Å². The number of aliphatic hydroxyl groups is 1. The fourth-order valence-corrected chi connectivity index (χ4v) is 5.09. The largest absolute Gasteiger partial charge is 0.390 e. The van der Waals surface area contributed by atoms with Crippen molar-refractivity contribution in [2.45, 2.75) is 58.9 Å². The van der Waals surface area contributed by atoms with Crippen LogP contribution in [-0.4, -0.2) is 64.3 Å². The smallest absolute Gasteiger partial charge is 0.142 e. The summed E-state index contributed by atoms with van der Waals surface area (Å²) in [6.07, 6.45) is 11.8. The average Bonchev–Trinajstić information content (AvgIpc) is 3.51. The minimum atomic E-state index is 0.0279. The topological polar surface area (TPSA) is 67.2 Å². The van der Waals surface area contributed by atoms with Gasteiger partial charge in [0.05, 0.1) is 18.5 Å². The Hall–Kier alpha value is -2.21. The van der Waals surface area contributed by atoms with E-state index >= 15 is 0 Å². The maximum absolute atomic E-state index is 10.1. The zero-order valence-corrected chi connectivity index (χ0v) is 22.0. The zero-order chi connectivity index (χ0) is 24.1. The van der Waals surface area contributed by atoms with Crippen molar-refractivity contribution in [2.24, 2.45) is 4.99 Å². The Morgan fingerprint density at radius 1 is 1.24 bits per heavy atom. The predicted molar refractivity (Wildman–Crippen MR) is 145 cm³/mol. The third-order valence-electron chi connectivity index (χ3n) is 7.11. The summed E-state index contributed by atoms with van der Waals surface area (Å²) in [5.74, 6) is 2.56. The molecule has 2 N–H and O–H groups in total. The molecule has 1 unspecified atom stereocenters. The molecular weight excluding hydrogens is 443 g/mol. The van der Waals surface area contributed by atoms with Gasteiger partial charge in [0.1, 0.15) is 17.5 Å². The van der Waals surface area contributed by atoms with E-state index in [1.165, 1.54) is 18.4 Å². The first-order chi connectivity index (χ1) is 16.5. The minimum absolute atomic E-state index is 0.0279. The highest BCUT2D eigenvalue weighted by Gasteiger charge is 2.33. The molecule has 2 aliphatic heterocycles. The van der Waals surface area contributed by atoms with E-state index in [0.717, 1.165) is 79.9 Å². The standard InChI is InChI=1S/C26H39N6OP/c1-4-19(3)25(28-24-11-10-22(17-27-24)30-12-14-31(34)15-13-30)29-26-20(5-2)16-23(18-33)32(26)21-8-6-7-9-21/h5,10-11,16-17,21,33H,4,6-9,12-15,18,34H2,1-3H3,(H,27,28)/b20-5-,25-19+,29-26+. The van der Waals surface area contributed by atoms with Gasteiger partial charge in [-0.15, -0.1) is 0 Å². The number of hydrogen-bond donors (Lipinski definition) is 2. The van der Waals surface area contributed by atoms with Crippen LogP contribution in [0.25, 0.3) is 0 Å². The van der Waals surface area contributed by atoms with Gasteiger partial charge in [0.2, 0.25) is 0 Å². The van der Waals surface area contributed by atoms with E-state index in [4.69, 9.17) is 9.98 Å². The first-order valence-corrected chi connectivity index (χ1v) is 13.1. The molecule has 8 heteroatoms. The number of aliphatic imine (C=N–C) groups is 1. The second kappa shape index (κ2) is 11.5. The highest BCUT2D eigenvalue weighted by molar-refractivity contribution is 7.13. The molecule has 2 fully saturated rings. The summed E-state index contributed by atoms with van der Waals surface area (Å²) < 4.78 is 2.28. The van der Waals surface area contributed by atoms with Crippen LogP contribution >= 0.6 is 9.39 Å². The van der Waals surface area contributed by atoms with Crippen LogP contribution < -0.4 is 10.2 Å². The van der Waals surface area contributed by atoms with Crippen molar-refractivity contribution in [3.8, 4) is 0 Å². The molecule has 4 rings (SSSR count). The first kappa shape index (κ1) is 24.9. The molecule has 1 aromatic rings. The summed E-state index contributed by atoms with van der Waals surface area (Å²) in [7, 11) is 2.79. The summed E-state index contributed by atoms with van der Waals surface area (Å²) in [6, 6.07) is 4.59. The van der Waals surface area contributed by atoms with E-state index in [-0.39, 0.29) is 6.61 Å². The summed E-state index contributed by atoms with van der Waals surface area (Å²) in [6.45, 7) is 10.4. The van der Waals surface area contributed by atoms with E-state index in [1.807, 2.05) is 19.2 Å². The Balaban J connectivity index is 1.58. The van der Waals surface area contributed by atoms with Crippen molar-refractivity contribution in [2.75, 3.05) is 43.0 Å². The quantitative estimate of drug-likeness (QED) is 0.557. The van der Waals surface area contributed by atoms with Gasteiger partial charge in [0.25, 0.3) is 0 Å². The van der Waals surface area contributed by atoms with Crippen LogP contribution in [0.4, 0.5) is 11.5 Å². The van der Waals surface area contributed by atoms with Crippen molar-refractivity contribution in [3.63, 3.8) is 0 Å². The van der Waals surface area contributed by atoms with Gasteiger partial charge in [-0.05, 0) is 56.9 Å². The van der Waals surface area contributed by atoms with Gasteiger partial charge in [-0.3, -0.25) is 4.67 Å². The predicted octanol–water partition coefficient (Wildman–Crippen LogP) is 4.53. The third-order valence-corrected chi connectivity index (χ3v) is 7.62. The van der Waals surface area contributed by atoms with Crippen molar-refractivity contribution < 1.29 is 5.11 Å². The Bertz CT molecular complexity index is 970. The highest BCUT2D eigenvalue weighted by Crippen LogP contribution is 2.33. The molecule has 7 nitrogen and oxygen atoms in total. The summed E-state index contributed by atoms with van der Waals surface area (Å²) in [5, 5.41) is 13.6. The van der Waals surface area contributed by atoms with Crippen molar-refractivity contribution in [3.05, 3.63) is 53.1 Å². The number of amidine groups is 1. The molecule has 0 bridgehead atoms. The Morgan fingerprint density at radius 2 is 1.97 bits per heavy atom. The lowest BCUT2D eigenvalue weighted by Crippen LogP contribution is -2.42. The summed E-state index contributed by atoms with van der Waals surface area (Å²) in [5.41, 5.74) is 4.34. The van der Waals surface area contributed by atoms with Crippen molar-refractivity contribution >= 4 is 26.7 Å². The molecule has 0 amide bonds. The van der Waals surface area contributed by atoms with Gasteiger partial charge >= 0.3 is 0 Å². The monoisotopic (exact) mass is 482 g/mol. The molecule has 0 aromatic carbocycles. The Labute approximate surface area is 206 Å². The minimum Gasteiger partial charge on any atom is -0.390 e. The molecule has 1 saturated heterocycles. The molecule has 1 aliphatic carbocycles. The average molecular weight is 483 g/mol. The van der Waals surface area contributed by atoms with E-state index in [0.29, 0.717) is 6.04 Å². The molecule has 184 valence electrons. The maximum atomic E-state index is 10.1. The van der Waals surface area contributed by atoms with Gasteiger partial charge < -0.3 is 20.2 Å². The second-order valence-electron chi connectivity index (χ2n) is 9.31. The molecule has 0 spiro atoms. The lowest BCUT2D eigenvalue weighted by molar-refractivity contribution is 0.273. The number of anilines is 2. The molecular formula is C26H39N6OP. The number of nitrogens with one attached hydrogen (secondary N) is 1. The number of pyridine rings is 1. The van der Waals surface area contributed by atoms with E-state index in [1.54, 1.807) is 0 Å². The van der Waals surface area contributed by atoms with Crippen LogP contribution in [0.1, 0.15) is 52.9 Å². The lowest BCUT2D eigenvalue weighted by Gasteiger charge is -2.33. The Kier molecular flexibility index (Phi) is 8.41. The first-order valence-electron chi connectivity index (χ1n) is 12.6. The van der Waals surface area contributed by atoms with Gasteiger partial charge in [-0.25, -0.2) is 9.98 Å². The molecule has 1 atom stereocenters. The van der Waals surface area contributed by atoms with Crippen LogP contribution in [0.5, 0.6) is 0 Å². The van der Waals surface area contributed by atoms with Crippen LogP contribution in [0.15, 0.2) is 58.1 Å². The molecule has 1 saturated carbocycles. The van der Waals surface area contributed by atoms with Crippen LogP contribution in [0, 0.1) is 0 Å². The number of allylic oxidation sites excluding steroid dienone is 2. The number of aliphatic hydroxyl groups excluding tert-OH is 1. The summed E-state index contributed by atoms with van der Waals surface area (Å²) in [4.78, 5) is 14.5. The SMILES string of the molecule is C/C=C1/C=C(CO)N(C2CCCC2)/C1=N/C(Nc1ccc(N2CCN(P)CC2)cn1)=C(\C)CC. The normalized spacial score (nSPS) is 23.1. The number of rotatable bonds is 7. The summed E-state index contributed by atoms with van der Waals surface area (Å²) >= 11 is 0. The van der Waals surface area contributed by atoms with Crippen LogP contribution in [0.2, 0.25) is 0 Å². The molecule has 0 radical (unpaired) electrons. The van der Waals surface area contributed by atoms with Gasteiger partial charge in [-0.2, -0.15) is 0 Å². The van der Waals surface area contributed by atoms with E-state index in [2.05, 4.69) is 61.2 Å². The number of piperazine rings is 1. The van der Waals surface area contributed by atoms with Crippen LogP contribution in [-0.2, 0) is 0 Å². The molecule has 34 heavy (non-hydrogen) atoms. The molecule has 3 heterocycles. The van der Waals surface area contributed by atoms with Gasteiger partial charge in [-0.1, -0.05) is 35.2 Å². The zero-order valence-electron chi connectivity index (χ0n) is 20.8. The second-order valence-corrected chi connectivity index (χ2v) is 10.0. The number of nitrogens with zero attached hydrogens (tertiary/aromatic N) is 5. The Morgan fingerprint density at radius 3 is 2.56 bits per heavy atom. The third kappa shape index (κ3) is 5.54. The molecule has 1 aromatic heterocycles. The number of aromatic nitrogens is 1. The van der Waals surface area contributed by atoms with Crippen molar-refractivity contribution in [1.82, 2.24) is 14.6 Å². The fourth-order valence-electron chi connectivity index (χ4n) is 4.86. The highest BCUT2D eigenvalue weighted by atomic mass is 31.0. The van der Waals surface area contributed by atoms with E-state index < -0.39 is 0 Å². The van der Waals surface area contributed by atoms with Gasteiger partial charge in [0, 0.05) is 43.5 Å². The van der Waals surface area contributed by atoms with Crippen LogP contribution in [0.3, 0.4) is 0 Å². The fraction of sp³-hybridized carbons (Fsp3) is 0.538. The van der Waals surface area contributed by atoms with Gasteiger partial charge in [0.15, 0.2) is 0 Å². The number of hydrogen-bond acceptors (Lipinski definition) is 6. The maximum Gasteiger partial charge on any atom is 0.142 e. The van der Waals surface area contributed by atoms with E-state index in [9.17, 15) is 5.11 Å². The molecule has 3 aliphatic rings.